The Hall–Kier alpha value is -2.70. The molecule has 0 bridgehead atoms. The number of carbonyl (C=O) groups excluding carboxylic acids is 2. The summed E-state index contributed by atoms with van der Waals surface area (Å²) in [6, 6.07) is -0.144. The number of rotatable bonds is 7. The van der Waals surface area contributed by atoms with Gasteiger partial charge in [0, 0.05) is 18.7 Å². The monoisotopic (exact) mass is 446 g/mol. The maximum absolute atomic E-state index is 12.2. The summed E-state index contributed by atoms with van der Waals surface area (Å²) in [5.41, 5.74) is 1.70. The molecule has 11 nitrogen and oxygen atoms in total. The van der Waals surface area contributed by atoms with E-state index in [0.717, 1.165) is 24.0 Å². The summed E-state index contributed by atoms with van der Waals surface area (Å²) in [5.74, 6) is -4.32. The summed E-state index contributed by atoms with van der Waals surface area (Å²) in [6.45, 7) is 2.62. The first-order valence-corrected chi connectivity index (χ1v) is 9.55. The lowest BCUT2D eigenvalue weighted by Gasteiger charge is -2.48. The number of nitrogens with zero attached hydrogens (tertiary/aromatic N) is 2. The van der Waals surface area contributed by atoms with Crippen molar-refractivity contribution in [1.82, 2.24) is 10.3 Å². The molecule has 1 unspecified atom stereocenters. The van der Waals surface area contributed by atoms with E-state index in [1.54, 1.807) is 6.92 Å². The molecule has 0 aliphatic carbocycles. The Morgan fingerprint density at radius 3 is 2.59 bits per heavy atom. The number of hydrogen-bond acceptors (Lipinski definition) is 8. The summed E-state index contributed by atoms with van der Waals surface area (Å²) >= 11 is 2.73. The number of carboxylic acid groups (broad SMARTS) is 1. The van der Waals surface area contributed by atoms with Crippen LogP contribution in [0.25, 0.3) is 0 Å². The number of likely N-dealkylation sites (tertiary alicyclic amines) is 1. The Bertz CT molecular complexity index is 924. The van der Waals surface area contributed by atoms with Gasteiger partial charge in [-0.15, -0.1) is 0 Å². The minimum absolute atomic E-state index is 0.0854. The lowest BCUT2D eigenvalue weighted by atomic mass is 9.92. The number of aromatic hydroxyl groups is 2. The van der Waals surface area contributed by atoms with Gasteiger partial charge in [0.05, 0.1) is 15.3 Å². The normalized spacial score (nSPS) is 20.6. The number of β-lactam (4-membered cyclic amide) rings is 1. The molecule has 1 heterocycles. The molecule has 1 aliphatic heterocycles. The Labute approximate surface area is 172 Å². The summed E-state index contributed by atoms with van der Waals surface area (Å²) in [5, 5.41) is 31.5. The van der Waals surface area contributed by atoms with E-state index in [4.69, 9.17) is 11.6 Å². The molecule has 1 saturated heterocycles. The number of phenolic OH excluding ortho intramolecular Hbond substituents is 2. The van der Waals surface area contributed by atoms with Gasteiger partial charge in [-0.1, -0.05) is 11.6 Å². The highest BCUT2D eigenvalue weighted by Crippen LogP contribution is 2.35. The lowest BCUT2D eigenvalue weighted by Crippen LogP contribution is -2.67. The number of hydrazone groups is 1. The first-order chi connectivity index (χ1) is 13.4. The zero-order chi connectivity index (χ0) is 22.1. The third-order valence-corrected chi connectivity index (χ3v) is 5.90. The third kappa shape index (κ3) is 4.18. The topological polar surface area (TPSA) is 180 Å². The summed E-state index contributed by atoms with van der Waals surface area (Å²) in [4.78, 5) is 36.6. The lowest BCUT2D eigenvalue weighted by molar-refractivity contribution is -0.161. The van der Waals surface area contributed by atoms with E-state index in [0.29, 0.717) is 6.21 Å². The Morgan fingerprint density at radius 1 is 1.48 bits per heavy atom. The van der Waals surface area contributed by atoms with Crippen molar-refractivity contribution in [3.05, 3.63) is 22.7 Å². The predicted octanol–water partition coefficient (Wildman–Crippen LogP) is 0.179. The molecule has 0 radical (unpaired) electrons. The van der Waals surface area contributed by atoms with Crippen molar-refractivity contribution in [2.75, 3.05) is 0 Å². The van der Waals surface area contributed by atoms with E-state index in [1.165, 1.54) is 0 Å². The second-order valence-corrected chi connectivity index (χ2v) is 8.23. The SMILES string of the molecule is C[C@@H]1CC(=O)N1[C@@H](C(=O)O)[C@](C)(/C=N/NC(=O)c1ccc(O)c(O)c1Cl)S(=O)[O-]. The molecule has 158 valence electrons. The molecule has 2 rings (SSSR count). The largest absolute Gasteiger partial charge is 0.772 e. The summed E-state index contributed by atoms with van der Waals surface area (Å²) in [6.07, 6.45) is 0.779. The summed E-state index contributed by atoms with van der Waals surface area (Å²) < 4.78 is 21.5. The molecule has 13 heteroatoms. The zero-order valence-corrected chi connectivity index (χ0v) is 16.7. The van der Waals surface area contributed by atoms with Crippen LogP contribution >= 0.6 is 11.6 Å². The second kappa shape index (κ2) is 8.35. The van der Waals surface area contributed by atoms with E-state index in [2.05, 4.69) is 5.10 Å². The van der Waals surface area contributed by atoms with Crippen LogP contribution < -0.4 is 5.43 Å². The van der Waals surface area contributed by atoms with Crippen molar-refractivity contribution in [1.29, 1.82) is 0 Å². The predicted molar refractivity (Wildman–Crippen MR) is 100 cm³/mol. The average Bonchev–Trinajstić information content (AvgIpc) is 2.63. The molecule has 0 saturated carbocycles. The van der Waals surface area contributed by atoms with Gasteiger partial charge in [-0.2, -0.15) is 5.10 Å². The molecule has 29 heavy (non-hydrogen) atoms. The molecule has 0 spiro atoms. The van der Waals surface area contributed by atoms with Crippen molar-refractivity contribution >= 4 is 46.7 Å². The number of carboxylic acids is 1. The van der Waals surface area contributed by atoms with Gasteiger partial charge in [0.15, 0.2) is 17.5 Å². The zero-order valence-electron chi connectivity index (χ0n) is 15.2. The molecule has 1 aliphatic rings. The van der Waals surface area contributed by atoms with Crippen LogP contribution in [0.4, 0.5) is 0 Å². The quantitative estimate of drug-likeness (QED) is 0.150. The van der Waals surface area contributed by atoms with Gasteiger partial charge in [-0.3, -0.25) is 13.8 Å². The number of benzene rings is 1. The van der Waals surface area contributed by atoms with Crippen LogP contribution in [0.15, 0.2) is 17.2 Å². The molecular weight excluding hydrogens is 430 g/mol. The van der Waals surface area contributed by atoms with Crippen molar-refractivity contribution in [3.63, 3.8) is 0 Å². The van der Waals surface area contributed by atoms with Crippen LogP contribution in [0.3, 0.4) is 0 Å². The number of hydrogen-bond donors (Lipinski definition) is 4. The second-order valence-electron chi connectivity index (χ2n) is 6.51. The molecule has 1 aromatic carbocycles. The molecule has 4 atom stereocenters. The van der Waals surface area contributed by atoms with Crippen LogP contribution in [0.5, 0.6) is 11.5 Å². The van der Waals surface area contributed by atoms with E-state index in [-0.39, 0.29) is 12.0 Å². The van der Waals surface area contributed by atoms with Crippen LogP contribution in [0, 0.1) is 0 Å². The van der Waals surface area contributed by atoms with Gasteiger partial charge in [0.25, 0.3) is 5.91 Å². The van der Waals surface area contributed by atoms with Crippen molar-refractivity contribution in [3.8, 4) is 11.5 Å². The fourth-order valence-corrected chi connectivity index (χ4v) is 3.62. The Balaban J connectivity index is 2.29. The van der Waals surface area contributed by atoms with Gasteiger partial charge >= 0.3 is 5.97 Å². The third-order valence-electron chi connectivity index (χ3n) is 4.47. The highest BCUT2D eigenvalue weighted by Gasteiger charge is 2.51. The van der Waals surface area contributed by atoms with Crippen LogP contribution in [0.2, 0.25) is 5.02 Å². The van der Waals surface area contributed by atoms with Crippen molar-refractivity contribution in [2.24, 2.45) is 5.10 Å². The fourth-order valence-electron chi connectivity index (χ4n) is 2.84. The smallest absolute Gasteiger partial charge is 0.328 e. The number of phenols is 2. The van der Waals surface area contributed by atoms with Crippen LogP contribution in [-0.4, -0.2) is 69.8 Å². The van der Waals surface area contributed by atoms with Gasteiger partial charge < -0.3 is 24.8 Å². The number of carbonyl (C=O) groups is 3. The highest BCUT2D eigenvalue weighted by molar-refractivity contribution is 7.81. The fraction of sp³-hybridized carbons (Fsp3) is 0.375. The number of nitrogens with one attached hydrogen (secondary N) is 1. The first kappa shape index (κ1) is 22.6. The highest BCUT2D eigenvalue weighted by atomic mass is 35.5. The van der Waals surface area contributed by atoms with Gasteiger partial charge in [-0.25, -0.2) is 10.2 Å². The molecule has 0 aromatic heterocycles. The maximum atomic E-state index is 12.2. The van der Waals surface area contributed by atoms with E-state index in [9.17, 15) is 38.5 Å². The van der Waals surface area contributed by atoms with Crippen molar-refractivity contribution in [2.45, 2.75) is 37.1 Å². The number of amides is 2. The van der Waals surface area contributed by atoms with Gasteiger partial charge in [-0.05, 0) is 37.1 Å². The van der Waals surface area contributed by atoms with E-state index in [1.807, 2.05) is 5.43 Å². The first-order valence-electron chi connectivity index (χ1n) is 8.10. The molecule has 2 amide bonds. The molecular formula is C16H17ClN3O8S-. The standard InChI is InChI=1S/C16H18ClN3O8S/c1-7-5-10(22)20(7)13(15(25)26)16(2,29(27)28)6-18-19-14(24)8-3-4-9(21)12(23)11(8)17/h3-4,6-7,13,21,23H,5H2,1-2H3,(H,19,24)(H,25,26)(H,27,28)/p-1/b18-6+/t7-,13+,16+/m1/s1. The average molecular weight is 447 g/mol. The maximum Gasteiger partial charge on any atom is 0.328 e. The van der Waals surface area contributed by atoms with E-state index >= 15 is 0 Å². The van der Waals surface area contributed by atoms with Crippen LogP contribution in [-0.2, 0) is 20.7 Å². The van der Waals surface area contributed by atoms with Gasteiger partial charge in [0.2, 0.25) is 5.91 Å². The molecule has 4 N–H and O–H groups in total. The molecule has 1 aromatic rings. The van der Waals surface area contributed by atoms with Crippen LogP contribution in [0.1, 0.15) is 30.6 Å². The van der Waals surface area contributed by atoms with Gasteiger partial charge in [0.1, 0.15) is 0 Å². The minimum Gasteiger partial charge on any atom is -0.772 e. The number of aliphatic carboxylic acids is 1. The summed E-state index contributed by atoms with van der Waals surface area (Å²) in [7, 11) is 0. The van der Waals surface area contributed by atoms with Crippen molar-refractivity contribution < 1.29 is 38.5 Å². The Morgan fingerprint density at radius 2 is 2.10 bits per heavy atom. The Kier molecular flexibility index (Phi) is 6.50. The minimum atomic E-state index is -3.03. The van der Waals surface area contributed by atoms with E-state index < -0.39 is 62.2 Å². The number of halogens is 1. The molecule has 1 fully saturated rings.